The summed E-state index contributed by atoms with van der Waals surface area (Å²) in [6.07, 6.45) is 1.80. The number of sulfone groups is 1. The van der Waals surface area contributed by atoms with Crippen LogP contribution in [0.1, 0.15) is 5.56 Å². The topological polar surface area (TPSA) is 51.2 Å². The van der Waals surface area contributed by atoms with Crippen LogP contribution in [0.15, 0.2) is 64.4 Å². The minimum atomic E-state index is -3.35. The van der Waals surface area contributed by atoms with Gasteiger partial charge in [-0.25, -0.2) is 8.42 Å². The lowest BCUT2D eigenvalue weighted by atomic mass is 10.2. The highest BCUT2D eigenvalue weighted by Gasteiger charge is 2.16. The van der Waals surface area contributed by atoms with E-state index in [2.05, 4.69) is 0 Å². The van der Waals surface area contributed by atoms with E-state index in [9.17, 15) is 12.6 Å². The molecule has 0 radical (unpaired) electrons. The maximum absolute atomic E-state index is 12.3. The summed E-state index contributed by atoms with van der Waals surface area (Å²) in [5.41, 5.74) is 1.10. The summed E-state index contributed by atoms with van der Waals surface area (Å²) in [5.74, 6) is 0.413. The quantitative estimate of drug-likeness (QED) is 0.852. The first-order valence-corrected chi connectivity index (χ1v) is 9.41. The normalized spacial score (nSPS) is 13.1. The molecule has 0 spiro atoms. The Morgan fingerprint density at radius 2 is 1.55 bits per heavy atom. The zero-order valence-corrected chi connectivity index (χ0v) is 12.8. The van der Waals surface area contributed by atoms with Gasteiger partial charge < -0.3 is 0 Å². The monoisotopic (exact) mass is 308 g/mol. The number of benzene rings is 2. The first kappa shape index (κ1) is 14.9. The molecule has 0 N–H and O–H groups in total. The fourth-order valence-electron chi connectivity index (χ4n) is 1.91. The fourth-order valence-corrected chi connectivity index (χ4v) is 4.57. The van der Waals surface area contributed by atoms with Crippen molar-refractivity contribution in [3.8, 4) is 0 Å². The summed E-state index contributed by atoms with van der Waals surface area (Å²) in [5, 5.41) is 0. The second-order valence-corrected chi connectivity index (χ2v) is 8.03. The number of rotatable bonds is 5. The van der Waals surface area contributed by atoms with Crippen LogP contribution in [0.5, 0.6) is 0 Å². The van der Waals surface area contributed by atoms with Crippen molar-refractivity contribution >= 4 is 20.6 Å². The molecule has 5 heteroatoms. The van der Waals surface area contributed by atoms with E-state index in [1.54, 1.807) is 18.2 Å². The Kier molecular flexibility index (Phi) is 4.73. The third-order valence-electron chi connectivity index (χ3n) is 2.91. The van der Waals surface area contributed by atoms with Crippen molar-refractivity contribution in [1.29, 1.82) is 0 Å². The molecule has 2 aromatic rings. The summed E-state index contributed by atoms with van der Waals surface area (Å²) < 4.78 is 35.7. The van der Waals surface area contributed by atoms with Crippen LogP contribution in [0.4, 0.5) is 0 Å². The molecule has 0 saturated heterocycles. The predicted octanol–water partition coefficient (Wildman–Crippen LogP) is 2.44. The number of aryl methyl sites for hydroxylation is 1. The Morgan fingerprint density at radius 3 is 2.20 bits per heavy atom. The zero-order chi connectivity index (χ0) is 14.6. The molecule has 0 amide bonds. The lowest BCUT2D eigenvalue weighted by Gasteiger charge is -2.07. The average Bonchev–Trinajstić information content (AvgIpc) is 2.45. The molecule has 20 heavy (non-hydrogen) atoms. The summed E-state index contributed by atoms with van der Waals surface area (Å²) in [6.45, 7) is 0. The van der Waals surface area contributed by atoms with Crippen LogP contribution < -0.4 is 0 Å². The Balaban J connectivity index is 2.18. The lowest BCUT2D eigenvalue weighted by molar-refractivity contribution is 0.599. The zero-order valence-electron chi connectivity index (χ0n) is 11.2. The van der Waals surface area contributed by atoms with Gasteiger partial charge in [-0.2, -0.15) is 0 Å². The van der Waals surface area contributed by atoms with Gasteiger partial charge >= 0.3 is 0 Å². The first-order chi connectivity index (χ1) is 9.48. The molecule has 0 aliphatic rings. The molecular formula is C15H16O3S2. The first-order valence-electron chi connectivity index (χ1n) is 6.20. The molecule has 1 atom stereocenters. The number of hydrogen-bond donors (Lipinski definition) is 0. The molecule has 0 heterocycles. The third kappa shape index (κ3) is 3.77. The molecule has 0 bridgehead atoms. The van der Waals surface area contributed by atoms with E-state index in [0.717, 1.165) is 11.8 Å². The summed E-state index contributed by atoms with van der Waals surface area (Å²) in [7, 11) is -4.68. The van der Waals surface area contributed by atoms with Gasteiger partial charge in [0.2, 0.25) is 0 Å². The third-order valence-corrected chi connectivity index (χ3v) is 5.62. The van der Waals surface area contributed by atoms with Crippen LogP contribution in [0, 0.1) is 0 Å². The Hall–Kier alpha value is -1.46. The van der Waals surface area contributed by atoms with Gasteiger partial charge in [0.15, 0.2) is 9.84 Å². The van der Waals surface area contributed by atoms with Gasteiger partial charge in [0.05, 0.1) is 20.6 Å². The molecule has 0 aromatic heterocycles. The maximum Gasteiger partial charge on any atom is 0.176 e. The second kappa shape index (κ2) is 6.33. The van der Waals surface area contributed by atoms with Gasteiger partial charge in [-0.15, -0.1) is 0 Å². The average molecular weight is 308 g/mol. The fraction of sp³-hybridized carbons (Fsp3) is 0.200. The van der Waals surface area contributed by atoms with Crippen molar-refractivity contribution in [3.63, 3.8) is 0 Å². The van der Waals surface area contributed by atoms with E-state index in [0.29, 0.717) is 17.1 Å². The van der Waals surface area contributed by atoms with Crippen molar-refractivity contribution in [1.82, 2.24) is 0 Å². The van der Waals surface area contributed by atoms with Crippen LogP contribution in [0.3, 0.4) is 0 Å². The van der Waals surface area contributed by atoms with Gasteiger partial charge in [-0.3, -0.25) is 4.21 Å². The van der Waals surface area contributed by atoms with E-state index < -0.39 is 20.6 Å². The van der Waals surface area contributed by atoms with E-state index in [1.165, 1.54) is 6.07 Å². The SMILES string of the molecule is CS(=O)(=O)c1ccccc1[S@@](=O)CCc1ccccc1. The summed E-state index contributed by atoms with van der Waals surface area (Å²) in [6, 6.07) is 16.2. The van der Waals surface area contributed by atoms with E-state index in [-0.39, 0.29) is 4.90 Å². The van der Waals surface area contributed by atoms with Gasteiger partial charge in [-0.05, 0) is 24.1 Å². The summed E-state index contributed by atoms with van der Waals surface area (Å²) in [4.78, 5) is 0.553. The van der Waals surface area contributed by atoms with Crippen LogP contribution >= 0.6 is 0 Å². The van der Waals surface area contributed by atoms with Crippen LogP contribution in [0.25, 0.3) is 0 Å². The van der Waals surface area contributed by atoms with Crippen molar-refractivity contribution in [2.24, 2.45) is 0 Å². The largest absolute Gasteiger partial charge is 0.254 e. The van der Waals surface area contributed by atoms with Gasteiger partial charge in [0, 0.05) is 12.0 Å². The van der Waals surface area contributed by atoms with Gasteiger partial charge in [0.25, 0.3) is 0 Å². The lowest BCUT2D eigenvalue weighted by Crippen LogP contribution is -2.08. The Morgan fingerprint density at radius 1 is 0.950 bits per heavy atom. The molecule has 0 aliphatic carbocycles. The molecule has 0 saturated carbocycles. The van der Waals surface area contributed by atoms with Crippen LogP contribution in [-0.2, 0) is 27.1 Å². The minimum Gasteiger partial charge on any atom is -0.254 e. The molecule has 3 nitrogen and oxygen atoms in total. The minimum absolute atomic E-state index is 0.159. The van der Waals surface area contributed by atoms with Crippen molar-refractivity contribution in [3.05, 3.63) is 60.2 Å². The Labute approximate surface area is 122 Å². The standard InChI is InChI=1S/C15H16O3S2/c1-20(17,18)15-10-6-5-9-14(15)19(16)12-11-13-7-3-2-4-8-13/h2-10H,11-12H2,1H3/t19-/m0/s1. The molecule has 0 aliphatic heterocycles. The maximum atomic E-state index is 12.3. The number of hydrogen-bond acceptors (Lipinski definition) is 3. The second-order valence-electron chi connectivity index (χ2n) is 4.50. The highest BCUT2D eigenvalue weighted by molar-refractivity contribution is 7.92. The predicted molar refractivity (Wildman–Crippen MR) is 81.0 cm³/mol. The highest BCUT2D eigenvalue weighted by Crippen LogP contribution is 2.19. The molecule has 2 rings (SSSR count). The molecule has 0 fully saturated rings. The van der Waals surface area contributed by atoms with Crippen LogP contribution in [0.2, 0.25) is 0 Å². The van der Waals surface area contributed by atoms with Crippen molar-refractivity contribution in [2.45, 2.75) is 16.2 Å². The summed E-state index contributed by atoms with van der Waals surface area (Å²) >= 11 is 0. The molecular weight excluding hydrogens is 292 g/mol. The highest BCUT2D eigenvalue weighted by atomic mass is 32.2. The van der Waals surface area contributed by atoms with E-state index >= 15 is 0 Å². The van der Waals surface area contributed by atoms with Crippen molar-refractivity contribution < 1.29 is 12.6 Å². The molecule has 2 aromatic carbocycles. The Bertz CT molecular complexity index is 707. The van der Waals surface area contributed by atoms with Gasteiger partial charge in [-0.1, -0.05) is 42.5 Å². The van der Waals surface area contributed by atoms with E-state index in [1.807, 2.05) is 30.3 Å². The van der Waals surface area contributed by atoms with Gasteiger partial charge in [0.1, 0.15) is 0 Å². The smallest absolute Gasteiger partial charge is 0.176 e. The molecule has 106 valence electrons. The van der Waals surface area contributed by atoms with Crippen LogP contribution in [-0.4, -0.2) is 24.6 Å². The van der Waals surface area contributed by atoms with E-state index in [4.69, 9.17) is 0 Å². The molecule has 0 unspecified atom stereocenters. The van der Waals surface area contributed by atoms with Crippen molar-refractivity contribution in [2.75, 3.05) is 12.0 Å².